The largest absolute Gasteiger partial charge is 0.404 e. The zero-order valence-corrected chi connectivity index (χ0v) is 17.2. The van der Waals surface area contributed by atoms with E-state index in [2.05, 4.69) is 20.3 Å². The fourth-order valence-corrected chi connectivity index (χ4v) is 2.88. The first-order valence-electron chi connectivity index (χ1n) is 9.21. The molecule has 0 bridgehead atoms. The van der Waals surface area contributed by atoms with Gasteiger partial charge in [-0.05, 0) is 13.0 Å². The van der Waals surface area contributed by atoms with Crippen LogP contribution < -0.4 is 16.8 Å². The highest BCUT2D eigenvalue weighted by atomic mass is 19.3. The lowest BCUT2D eigenvalue weighted by Gasteiger charge is -2.14. The van der Waals surface area contributed by atoms with E-state index in [1.165, 1.54) is 50.8 Å². The Morgan fingerprint density at radius 1 is 1.26 bits per heavy atom. The smallest absolute Gasteiger partial charge is 0.266 e. The number of benzene rings is 1. The van der Waals surface area contributed by atoms with Gasteiger partial charge in [0, 0.05) is 49.4 Å². The van der Waals surface area contributed by atoms with Crippen LogP contribution in [0.2, 0.25) is 0 Å². The van der Waals surface area contributed by atoms with Gasteiger partial charge in [0.25, 0.3) is 12.3 Å². The molecule has 1 aromatic heterocycles. The number of amides is 1. The summed E-state index contributed by atoms with van der Waals surface area (Å²) in [5.74, 6) is -1.61. The van der Waals surface area contributed by atoms with Gasteiger partial charge in [0.2, 0.25) is 0 Å². The van der Waals surface area contributed by atoms with E-state index < -0.39 is 29.8 Å². The van der Waals surface area contributed by atoms with Crippen molar-refractivity contribution < 1.29 is 18.0 Å². The number of halogens is 3. The van der Waals surface area contributed by atoms with Crippen molar-refractivity contribution in [3.63, 3.8) is 0 Å². The van der Waals surface area contributed by atoms with Gasteiger partial charge < -0.3 is 16.8 Å². The molecule has 5 N–H and O–H groups in total. The molecule has 0 spiro atoms. The topological polar surface area (TPSA) is 119 Å². The van der Waals surface area contributed by atoms with Gasteiger partial charge in [0.15, 0.2) is 0 Å². The van der Waals surface area contributed by atoms with Gasteiger partial charge in [-0.1, -0.05) is 18.2 Å². The average molecular weight is 432 g/mol. The van der Waals surface area contributed by atoms with Gasteiger partial charge >= 0.3 is 0 Å². The standard InChI is InChI=1S/C21H23F3N6O/c1-11(13-5-4-6-14(18(13)22)19(23)24)30-20(26)15-7-17(12(8-25)9-27-2)29-10-16(15)21(31)28-3/h4-11,19H,25H2,1-3H3,(H2,26,30)(H,28,31)/t11-/m1/s1. The van der Waals surface area contributed by atoms with Crippen molar-refractivity contribution >= 4 is 23.5 Å². The Bertz CT molecular complexity index is 1050. The third-order valence-corrected chi connectivity index (χ3v) is 4.47. The van der Waals surface area contributed by atoms with Gasteiger partial charge in [0.05, 0.1) is 22.9 Å². The zero-order chi connectivity index (χ0) is 23.1. The summed E-state index contributed by atoms with van der Waals surface area (Å²) in [5, 5.41) is 2.48. The summed E-state index contributed by atoms with van der Waals surface area (Å²) >= 11 is 0. The van der Waals surface area contributed by atoms with Crippen molar-refractivity contribution in [3.8, 4) is 0 Å². The zero-order valence-electron chi connectivity index (χ0n) is 17.2. The number of nitrogens with one attached hydrogen (secondary N) is 1. The number of carbonyl (C=O) groups is 1. The average Bonchev–Trinajstić information content (AvgIpc) is 2.76. The predicted molar refractivity (Wildman–Crippen MR) is 115 cm³/mol. The van der Waals surface area contributed by atoms with E-state index in [-0.39, 0.29) is 22.5 Å². The first-order chi connectivity index (χ1) is 14.7. The molecule has 2 rings (SSSR count). The Morgan fingerprint density at radius 2 is 1.94 bits per heavy atom. The Hall–Kier alpha value is -3.69. The molecular weight excluding hydrogens is 409 g/mol. The van der Waals surface area contributed by atoms with Crippen molar-refractivity contribution in [1.82, 2.24) is 10.3 Å². The molecule has 0 fully saturated rings. The first-order valence-corrected chi connectivity index (χ1v) is 9.21. The SMILES string of the molecule is CN=CC(=CN)c1cc(C(N)=N[C@H](C)c2cccc(C(F)F)c2F)c(C(=O)NC)cn1. The van der Waals surface area contributed by atoms with E-state index in [1.807, 2.05) is 0 Å². The molecule has 1 amide bonds. The highest BCUT2D eigenvalue weighted by Gasteiger charge is 2.21. The minimum Gasteiger partial charge on any atom is -0.404 e. The summed E-state index contributed by atoms with van der Waals surface area (Å²) in [5.41, 5.74) is 12.2. The van der Waals surface area contributed by atoms with Crippen LogP contribution in [0.1, 0.15) is 52.1 Å². The molecule has 10 heteroatoms. The van der Waals surface area contributed by atoms with Crippen molar-refractivity contribution in [3.05, 3.63) is 70.4 Å². The molecule has 2 aromatic rings. The van der Waals surface area contributed by atoms with Crippen molar-refractivity contribution in [2.75, 3.05) is 14.1 Å². The van der Waals surface area contributed by atoms with Crippen LogP contribution in [0.3, 0.4) is 0 Å². The number of amidine groups is 1. The Labute approximate surface area is 177 Å². The van der Waals surface area contributed by atoms with Crippen LogP contribution in [-0.4, -0.2) is 37.0 Å². The molecule has 0 saturated heterocycles. The summed E-state index contributed by atoms with van der Waals surface area (Å²) in [7, 11) is 3.00. The maximum absolute atomic E-state index is 14.5. The second-order valence-electron chi connectivity index (χ2n) is 6.45. The Kier molecular flexibility index (Phi) is 7.89. The molecule has 7 nitrogen and oxygen atoms in total. The lowest BCUT2D eigenvalue weighted by atomic mass is 10.0. The quantitative estimate of drug-likeness (QED) is 0.460. The Balaban J connectivity index is 2.58. The first kappa shape index (κ1) is 23.6. The fourth-order valence-electron chi connectivity index (χ4n) is 2.88. The maximum atomic E-state index is 14.5. The number of aromatic nitrogens is 1. The van der Waals surface area contributed by atoms with Crippen LogP contribution in [-0.2, 0) is 0 Å². The van der Waals surface area contributed by atoms with Crippen molar-refractivity contribution in [2.24, 2.45) is 21.5 Å². The molecule has 0 aliphatic heterocycles. The highest BCUT2D eigenvalue weighted by Crippen LogP contribution is 2.29. The number of nitrogens with two attached hydrogens (primary N) is 2. The number of aliphatic imine (C=N–C) groups is 2. The number of pyridine rings is 1. The lowest BCUT2D eigenvalue weighted by Crippen LogP contribution is -2.25. The van der Waals surface area contributed by atoms with Crippen molar-refractivity contribution in [1.29, 1.82) is 0 Å². The predicted octanol–water partition coefficient (Wildman–Crippen LogP) is 2.98. The minimum atomic E-state index is -2.96. The van der Waals surface area contributed by atoms with Gasteiger partial charge in [-0.25, -0.2) is 13.2 Å². The van der Waals surface area contributed by atoms with Crippen LogP contribution in [0.5, 0.6) is 0 Å². The van der Waals surface area contributed by atoms with Crippen LogP contribution in [0.4, 0.5) is 13.2 Å². The molecule has 0 radical (unpaired) electrons. The molecule has 164 valence electrons. The number of alkyl halides is 2. The van der Waals surface area contributed by atoms with E-state index in [4.69, 9.17) is 11.5 Å². The summed E-state index contributed by atoms with van der Waals surface area (Å²) in [4.78, 5) is 24.6. The summed E-state index contributed by atoms with van der Waals surface area (Å²) in [6.45, 7) is 1.51. The number of nitrogens with zero attached hydrogens (tertiary/aromatic N) is 3. The van der Waals surface area contributed by atoms with E-state index in [0.717, 1.165) is 6.07 Å². The summed E-state index contributed by atoms with van der Waals surface area (Å²) in [6, 6.07) is 4.30. The van der Waals surface area contributed by atoms with E-state index in [1.54, 1.807) is 7.05 Å². The van der Waals surface area contributed by atoms with Crippen LogP contribution >= 0.6 is 0 Å². The Morgan fingerprint density at radius 3 is 2.52 bits per heavy atom. The summed E-state index contributed by atoms with van der Waals surface area (Å²) in [6.07, 6.45) is 1.12. The monoisotopic (exact) mass is 432 g/mol. The molecular formula is C21H23F3N6O. The molecule has 0 unspecified atom stereocenters. The van der Waals surface area contributed by atoms with Gasteiger partial charge in [0.1, 0.15) is 11.7 Å². The van der Waals surface area contributed by atoms with E-state index in [0.29, 0.717) is 11.3 Å². The van der Waals surface area contributed by atoms with E-state index >= 15 is 0 Å². The molecule has 0 aliphatic rings. The number of allylic oxidation sites excluding steroid dienone is 1. The van der Waals surface area contributed by atoms with Gasteiger partial charge in [-0.2, -0.15) is 0 Å². The number of rotatable bonds is 7. The van der Waals surface area contributed by atoms with Gasteiger partial charge in [-0.3, -0.25) is 19.8 Å². The second-order valence-corrected chi connectivity index (χ2v) is 6.45. The summed E-state index contributed by atoms with van der Waals surface area (Å²) < 4.78 is 40.5. The third kappa shape index (κ3) is 5.27. The van der Waals surface area contributed by atoms with E-state index in [9.17, 15) is 18.0 Å². The fraction of sp³-hybridized carbons (Fsp3) is 0.238. The molecule has 31 heavy (non-hydrogen) atoms. The third-order valence-electron chi connectivity index (χ3n) is 4.47. The normalized spacial score (nSPS) is 13.6. The molecule has 0 aliphatic carbocycles. The van der Waals surface area contributed by atoms with Crippen LogP contribution in [0, 0.1) is 5.82 Å². The molecule has 1 heterocycles. The number of carbonyl (C=O) groups excluding carboxylic acids is 1. The molecule has 1 atom stereocenters. The van der Waals surface area contributed by atoms with Gasteiger partial charge in [-0.15, -0.1) is 0 Å². The number of hydrogen-bond acceptors (Lipinski definition) is 5. The maximum Gasteiger partial charge on any atom is 0.266 e. The minimum absolute atomic E-state index is 0.0443. The molecule has 1 aromatic carbocycles. The second kappa shape index (κ2) is 10.4. The van der Waals surface area contributed by atoms with Crippen LogP contribution in [0.15, 0.2) is 46.6 Å². The molecule has 0 saturated carbocycles. The lowest BCUT2D eigenvalue weighted by molar-refractivity contribution is 0.0962. The highest BCUT2D eigenvalue weighted by molar-refractivity contribution is 6.12. The number of hydrogen-bond donors (Lipinski definition) is 3. The van der Waals surface area contributed by atoms with Crippen molar-refractivity contribution in [2.45, 2.75) is 19.4 Å². The van der Waals surface area contributed by atoms with Crippen LogP contribution in [0.25, 0.3) is 5.57 Å².